The first-order valence-electron chi connectivity index (χ1n) is 4.27. The monoisotopic (exact) mass is 189 g/mol. The van der Waals surface area contributed by atoms with Crippen LogP contribution in [0.5, 0.6) is 0 Å². The normalized spacial score (nSPS) is 27.0. The zero-order valence-electron chi connectivity index (χ0n) is 7.59. The fourth-order valence-corrected chi connectivity index (χ4v) is 1.59. The minimum atomic E-state index is -2.61. The highest BCUT2D eigenvalue weighted by Crippen LogP contribution is 2.31. The molecule has 0 aromatic carbocycles. The van der Waals surface area contributed by atoms with Gasteiger partial charge in [0.1, 0.15) is 0 Å². The molecule has 0 aliphatic carbocycles. The van der Waals surface area contributed by atoms with Crippen molar-refractivity contribution in [3.8, 4) is 0 Å². The predicted molar refractivity (Wildman–Crippen MR) is 45.6 cm³/mol. The third kappa shape index (κ3) is 2.26. The molecule has 74 valence electrons. The van der Waals surface area contributed by atoms with E-state index in [1.165, 1.54) is 11.0 Å². The number of nitrogens with zero attached hydrogens (tertiary/aromatic N) is 1. The molecule has 0 bridgehead atoms. The Morgan fingerprint density at radius 1 is 1.69 bits per heavy atom. The van der Waals surface area contributed by atoms with Gasteiger partial charge >= 0.3 is 0 Å². The summed E-state index contributed by atoms with van der Waals surface area (Å²) in [5.41, 5.74) is 0. The van der Waals surface area contributed by atoms with Crippen LogP contribution in [0.2, 0.25) is 0 Å². The zero-order chi connectivity index (χ0) is 10.1. The predicted octanol–water partition coefficient (Wildman–Crippen LogP) is 1.82. The molecule has 4 heteroatoms. The van der Waals surface area contributed by atoms with Crippen LogP contribution in [0.3, 0.4) is 0 Å². The Labute approximate surface area is 76.2 Å². The number of halogens is 2. The van der Waals surface area contributed by atoms with Gasteiger partial charge in [-0.15, -0.1) is 0 Å². The Bertz CT molecular complexity index is 228. The Hall–Kier alpha value is -0.930. The second kappa shape index (κ2) is 3.44. The van der Waals surface area contributed by atoms with Crippen LogP contribution in [0.15, 0.2) is 12.7 Å². The number of likely N-dealkylation sites (tertiary alicyclic amines) is 1. The van der Waals surface area contributed by atoms with Crippen molar-refractivity contribution in [2.45, 2.75) is 31.7 Å². The fourth-order valence-electron chi connectivity index (χ4n) is 1.59. The van der Waals surface area contributed by atoms with Gasteiger partial charge < -0.3 is 4.90 Å². The molecule has 2 nitrogen and oxygen atoms in total. The summed E-state index contributed by atoms with van der Waals surface area (Å²) < 4.78 is 25.7. The quantitative estimate of drug-likeness (QED) is 0.576. The Morgan fingerprint density at radius 2 is 2.31 bits per heavy atom. The maximum absolute atomic E-state index is 12.8. The van der Waals surface area contributed by atoms with E-state index in [4.69, 9.17) is 0 Å². The highest BCUT2D eigenvalue weighted by atomic mass is 19.3. The Morgan fingerprint density at radius 3 is 2.77 bits per heavy atom. The molecule has 1 amide bonds. The first kappa shape index (κ1) is 10.2. The second-order valence-electron chi connectivity index (χ2n) is 3.39. The lowest BCUT2D eigenvalue weighted by Crippen LogP contribution is -2.47. The molecule has 1 aliphatic heterocycles. The van der Waals surface area contributed by atoms with Crippen LogP contribution in [-0.2, 0) is 4.79 Å². The van der Waals surface area contributed by atoms with E-state index < -0.39 is 12.0 Å². The lowest BCUT2D eigenvalue weighted by molar-refractivity contribution is -0.136. The number of rotatable bonds is 1. The van der Waals surface area contributed by atoms with E-state index in [1.807, 2.05) is 0 Å². The van der Waals surface area contributed by atoms with Crippen LogP contribution in [-0.4, -0.2) is 29.3 Å². The number of hydrogen-bond donors (Lipinski definition) is 0. The molecule has 0 N–H and O–H groups in total. The highest BCUT2D eigenvalue weighted by molar-refractivity contribution is 5.87. The van der Waals surface area contributed by atoms with Crippen molar-refractivity contribution in [2.75, 3.05) is 6.54 Å². The molecule has 0 saturated carbocycles. The molecular formula is C9H13F2NO. The first-order chi connectivity index (χ1) is 5.96. The molecule has 1 rings (SSSR count). The highest BCUT2D eigenvalue weighted by Gasteiger charge is 2.39. The van der Waals surface area contributed by atoms with Gasteiger partial charge in [-0.1, -0.05) is 6.58 Å². The van der Waals surface area contributed by atoms with E-state index >= 15 is 0 Å². The van der Waals surface area contributed by atoms with E-state index in [-0.39, 0.29) is 25.3 Å². The Kier molecular flexibility index (Phi) is 2.68. The SMILES string of the molecule is C=CC(=O)N1CCC(F)(F)CC1C. The van der Waals surface area contributed by atoms with Gasteiger partial charge in [-0.2, -0.15) is 0 Å². The summed E-state index contributed by atoms with van der Waals surface area (Å²) in [5.74, 6) is -2.87. The summed E-state index contributed by atoms with van der Waals surface area (Å²) >= 11 is 0. The second-order valence-corrected chi connectivity index (χ2v) is 3.39. The molecule has 0 spiro atoms. The number of hydrogen-bond acceptors (Lipinski definition) is 1. The molecule has 0 aromatic heterocycles. The maximum Gasteiger partial charge on any atom is 0.251 e. The summed E-state index contributed by atoms with van der Waals surface area (Å²) in [5, 5.41) is 0. The van der Waals surface area contributed by atoms with Crippen molar-refractivity contribution < 1.29 is 13.6 Å². The van der Waals surface area contributed by atoms with Crippen molar-refractivity contribution in [1.29, 1.82) is 0 Å². The molecule has 1 saturated heterocycles. The van der Waals surface area contributed by atoms with Gasteiger partial charge in [0.15, 0.2) is 0 Å². The van der Waals surface area contributed by atoms with Gasteiger partial charge in [-0.3, -0.25) is 4.79 Å². The number of carbonyl (C=O) groups excluding carboxylic acids is 1. The largest absolute Gasteiger partial charge is 0.336 e. The van der Waals surface area contributed by atoms with Crippen LogP contribution in [0, 0.1) is 0 Å². The van der Waals surface area contributed by atoms with Crippen LogP contribution < -0.4 is 0 Å². The molecule has 1 heterocycles. The fraction of sp³-hybridized carbons (Fsp3) is 0.667. The summed E-state index contributed by atoms with van der Waals surface area (Å²) in [6.07, 6.45) is 0.684. The van der Waals surface area contributed by atoms with Crippen LogP contribution in [0.4, 0.5) is 8.78 Å². The van der Waals surface area contributed by atoms with Gasteiger partial charge in [-0.05, 0) is 13.0 Å². The maximum atomic E-state index is 12.8. The van der Waals surface area contributed by atoms with Crippen molar-refractivity contribution in [2.24, 2.45) is 0 Å². The standard InChI is InChI=1S/C9H13F2NO/c1-3-8(13)12-5-4-9(10,11)6-7(12)2/h3,7H,1,4-6H2,2H3. The first-order valence-corrected chi connectivity index (χ1v) is 4.27. The lowest BCUT2D eigenvalue weighted by atomic mass is 10.00. The van der Waals surface area contributed by atoms with E-state index in [0.717, 1.165) is 0 Å². The van der Waals surface area contributed by atoms with Gasteiger partial charge in [0.2, 0.25) is 5.91 Å². The van der Waals surface area contributed by atoms with Crippen LogP contribution >= 0.6 is 0 Å². The molecule has 13 heavy (non-hydrogen) atoms. The molecule has 1 atom stereocenters. The van der Waals surface area contributed by atoms with Crippen LogP contribution in [0.1, 0.15) is 19.8 Å². The van der Waals surface area contributed by atoms with Crippen molar-refractivity contribution in [3.63, 3.8) is 0 Å². The number of amides is 1. The summed E-state index contributed by atoms with van der Waals surface area (Å²) in [4.78, 5) is 12.6. The van der Waals surface area contributed by atoms with Gasteiger partial charge in [0.25, 0.3) is 5.92 Å². The zero-order valence-corrected chi connectivity index (χ0v) is 7.59. The number of alkyl halides is 2. The van der Waals surface area contributed by atoms with Crippen molar-refractivity contribution >= 4 is 5.91 Å². The smallest absolute Gasteiger partial charge is 0.251 e. The molecule has 1 aliphatic rings. The summed E-state index contributed by atoms with van der Waals surface area (Å²) in [6.45, 7) is 5.09. The van der Waals surface area contributed by atoms with E-state index in [9.17, 15) is 13.6 Å². The molecule has 0 radical (unpaired) electrons. The molecule has 1 unspecified atom stereocenters. The van der Waals surface area contributed by atoms with E-state index in [1.54, 1.807) is 6.92 Å². The van der Waals surface area contributed by atoms with Crippen molar-refractivity contribution in [3.05, 3.63) is 12.7 Å². The third-order valence-electron chi connectivity index (χ3n) is 2.30. The van der Waals surface area contributed by atoms with E-state index in [0.29, 0.717) is 0 Å². The van der Waals surface area contributed by atoms with Crippen molar-refractivity contribution in [1.82, 2.24) is 4.90 Å². The minimum absolute atomic E-state index is 0.124. The lowest BCUT2D eigenvalue weighted by Gasteiger charge is -2.36. The number of piperidine rings is 1. The van der Waals surface area contributed by atoms with Crippen LogP contribution in [0.25, 0.3) is 0 Å². The molecule has 1 fully saturated rings. The van der Waals surface area contributed by atoms with E-state index in [2.05, 4.69) is 6.58 Å². The Balaban J connectivity index is 2.63. The summed E-state index contributed by atoms with van der Waals surface area (Å²) in [6, 6.07) is -0.394. The average Bonchev–Trinajstić information content (AvgIpc) is 2.01. The topological polar surface area (TPSA) is 20.3 Å². The minimum Gasteiger partial charge on any atom is -0.336 e. The van der Waals surface area contributed by atoms with Gasteiger partial charge in [0.05, 0.1) is 0 Å². The summed E-state index contributed by atoms with van der Waals surface area (Å²) in [7, 11) is 0. The van der Waals surface area contributed by atoms with Gasteiger partial charge in [0, 0.05) is 25.4 Å². The molecular weight excluding hydrogens is 176 g/mol. The number of carbonyl (C=O) groups is 1. The average molecular weight is 189 g/mol. The third-order valence-corrected chi connectivity index (χ3v) is 2.30. The van der Waals surface area contributed by atoms with Gasteiger partial charge in [-0.25, -0.2) is 8.78 Å². The molecule has 0 aromatic rings.